The molecule has 0 aromatic rings. The number of carbonyl (C=O) groups is 1. The minimum absolute atomic E-state index is 0.173. The van der Waals surface area contributed by atoms with Crippen LogP contribution in [-0.2, 0) is 9.53 Å². The molecule has 1 atom stereocenters. The topological polar surface area (TPSA) is 52.3 Å². The molecule has 0 saturated carbocycles. The van der Waals surface area contributed by atoms with Gasteiger partial charge in [0.15, 0.2) is 0 Å². The van der Waals surface area contributed by atoms with Crippen LogP contribution < -0.4 is 5.73 Å². The maximum Gasteiger partial charge on any atom is 0.312 e. The molecule has 0 heterocycles. The van der Waals surface area contributed by atoms with Crippen LogP contribution in [0.5, 0.6) is 0 Å². The Kier molecular flexibility index (Phi) is 10.0. The lowest BCUT2D eigenvalue weighted by atomic mass is 9.84. The number of methoxy groups -OCH3 is 1. The summed E-state index contributed by atoms with van der Waals surface area (Å²) in [6.45, 7) is 4.51. The molecule has 3 heteroatoms. The second-order valence-corrected chi connectivity index (χ2v) is 5.48. The molecule has 0 rings (SSSR count). The van der Waals surface area contributed by atoms with E-state index >= 15 is 0 Å². The lowest BCUT2D eigenvalue weighted by Gasteiger charge is -2.24. The van der Waals surface area contributed by atoms with E-state index in [-0.39, 0.29) is 5.97 Å². The van der Waals surface area contributed by atoms with E-state index in [9.17, 15) is 4.79 Å². The fraction of sp³-hybridized carbons (Fsp3) is 0.933. The zero-order valence-corrected chi connectivity index (χ0v) is 12.5. The third kappa shape index (κ3) is 7.00. The van der Waals surface area contributed by atoms with E-state index in [0.29, 0.717) is 6.54 Å². The Morgan fingerprint density at radius 3 is 2.00 bits per heavy atom. The summed E-state index contributed by atoms with van der Waals surface area (Å²) in [7, 11) is 1.43. The van der Waals surface area contributed by atoms with Crippen LogP contribution in [0.25, 0.3) is 0 Å². The van der Waals surface area contributed by atoms with Crippen LogP contribution in [0.2, 0.25) is 0 Å². The third-order valence-corrected chi connectivity index (χ3v) is 3.71. The van der Waals surface area contributed by atoms with Crippen LogP contribution in [0.1, 0.15) is 71.6 Å². The lowest BCUT2D eigenvalue weighted by Crippen LogP contribution is -2.36. The minimum Gasteiger partial charge on any atom is -0.469 e. The van der Waals surface area contributed by atoms with Crippen molar-refractivity contribution < 1.29 is 9.53 Å². The monoisotopic (exact) mass is 257 g/mol. The first-order valence-corrected chi connectivity index (χ1v) is 7.39. The summed E-state index contributed by atoms with van der Waals surface area (Å²) in [6.07, 6.45) is 11.0. The highest BCUT2D eigenvalue weighted by Gasteiger charge is 2.31. The van der Waals surface area contributed by atoms with Crippen molar-refractivity contribution in [3.8, 4) is 0 Å². The zero-order chi connectivity index (χ0) is 13.9. The second-order valence-electron chi connectivity index (χ2n) is 5.48. The molecule has 0 aliphatic heterocycles. The van der Waals surface area contributed by atoms with Gasteiger partial charge >= 0.3 is 5.97 Å². The Bertz CT molecular complexity index is 219. The predicted octanol–water partition coefficient (Wildman–Crippen LogP) is 3.66. The molecule has 3 nitrogen and oxygen atoms in total. The van der Waals surface area contributed by atoms with Gasteiger partial charge < -0.3 is 10.5 Å². The number of nitrogens with two attached hydrogens (primary N) is 1. The maximum atomic E-state index is 11.6. The van der Waals surface area contributed by atoms with E-state index in [0.717, 1.165) is 12.8 Å². The van der Waals surface area contributed by atoms with Crippen molar-refractivity contribution in [2.75, 3.05) is 13.7 Å². The third-order valence-electron chi connectivity index (χ3n) is 3.71. The van der Waals surface area contributed by atoms with Crippen molar-refractivity contribution in [3.05, 3.63) is 0 Å². The van der Waals surface area contributed by atoms with Crippen LogP contribution in [0.15, 0.2) is 0 Å². The quantitative estimate of drug-likeness (QED) is 0.454. The molecule has 0 spiro atoms. The minimum atomic E-state index is -0.489. The van der Waals surface area contributed by atoms with Gasteiger partial charge in [-0.05, 0) is 13.3 Å². The summed E-state index contributed by atoms with van der Waals surface area (Å²) in [5, 5.41) is 0. The molecule has 108 valence electrons. The van der Waals surface area contributed by atoms with Gasteiger partial charge in [-0.2, -0.15) is 0 Å². The van der Waals surface area contributed by atoms with E-state index in [1.807, 2.05) is 6.92 Å². The lowest BCUT2D eigenvalue weighted by molar-refractivity contribution is -0.151. The molecule has 0 fully saturated rings. The molecule has 0 aliphatic carbocycles. The Hall–Kier alpha value is -0.570. The number of esters is 1. The predicted molar refractivity (Wildman–Crippen MR) is 76.4 cm³/mol. The first kappa shape index (κ1) is 17.4. The average molecular weight is 257 g/mol. The van der Waals surface area contributed by atoms with E-state index in [2.05, 4.69) is 6.92 Å². The van der Waals surface area contributed by atoms with Gasteiger partial charge in [-0.15, -0.1) is 0 Å². The Labute approximate surface area is 112 Å². The van der Waals surface area contributed by atoms with Crippen LogP contribution in [-0.4, -0.2) is 19.6 Å². The molecule has 0 aromatic carbocycles. The second kappa shape index (κ2) is 10.4. The van der Waals surface area contributed by atoms with Gasteiger partial charge in [0.25, 0.3) is 0 Å². The fourth-order valence-corrected chi connectivity index (χ4v) is 2.18. The first-order valence-electron chi connectivity index (χ1n) is 7.39. The molecule has 1 unspecified atom stereocenters. The van der Waals surface area contributed by atoms with E-state index in [1.54, 1.807) is 0 Å². The van der Waals surface area contributed by atoms with Gasteiger partial charge in [-0.1, -0.05) is 58.3 Å². The average Bonchev–Trinajstić information content (AvgIpc) is 2.40. The van der Waals surface area contributed by atoms with Crippen LogP contribution in [0.3, 0.4) is 0 Å². The standard InChI is InChI=1S/C15H31NO2/c1-4-5-6-7-8-9-10-11-12-15(2,13-16)14(17)18-3/h4-13,16H2,1-3H3. The smallest absolute Gasteiger partial charge is 0.312 e. The molecule has 0 bridgehead atoms. The maximum absolute atomic E-state index is 11.6. The summed E-state index contributed by atoms with van der Waals surface area (Å²) < 4.78 is 4.81. The van der Waals surface area contributed by atoms with Crippen molar-refractivity contribution in [1.29, 1.82) is 0 Å². The molecule has 0 amide bonds. The van der Waals surface area contributed by atoms with Gasteiger partial charge in [0.2, 0.25) is 0 Å². The molecule has 0 aromatic heterocycles. The Morgan fingerprint density at radius 1 is 1.06 bits per heavy atom. The summed E-state index contributed by atoms with van der Waals surface area (Å²) in [4.78, 5) is 11.6. The molecule has 18 heavy (non-hydrogen) atoms. The van der Waals surface area contributed by atoms with Gasteiger partial charge in [-0.3, -0.25) is 4.79 Å². The number of unbranched alkanes of at least 4 members (excludes halogenated alkanes) is 7. The Balaban J connectivity index is 3.60. The van der Waals surface area contributed by atoms with Crippen molar-refractivity contribution in [3.63, 3.8) is 0 Å². The van der Waals surface area contributed by atoms with Crippen molar-refractivity contribution in [1.82, 2.24) is 0 Å². The van der Waals surface area contributed by atoms with Gasteiger partial charge in [0.05, 0.1) is 12.5 Å². The summed E-state index contributed by atoms with van der Waals surface area (Å²) in [5.74, 6) is -0.173. The number of hydrogen-bond donors (Lipinski definition) is 1. The highest BCUT2D eigenvalue weighted by molar-refractivity contribution is 5.76. The number of rotatable bonds is 11. The van der Waals surface area contributed by atoms with E-state index in [4.69, 9.17) is 10.5 Å². The van der Waals surface area contributed by atoms with Gasteiger partial charge in [0.1, 0.15) is 0 Å². The first-order chi connectivity index (χ1) is 8.60. The van der Waals surface area contributed by atoms with Gasteiger partial charge in [0, 0.05) is 6.54 Å². The number of ether oxygens (including phenoxy) is 1. The molecule has 0 aliphatic rings. The summed E-state index contributed by atoms with van der Waals surface area (Å²) in [6, 6.07) is 0. The highest BCUT2D eigenvalue weighted by atomic mass is 16.5. The van der Waals surface area contributed by atoms with Crippen molar-refractivity contribution >= 4 is 5.97 Å². The normalized spacial score (nSPS) is 14.2. The van der Waals surface area contributed by atoms with Crippen LogP contribution >= 0.6 is 0 Å². The highest BCUT2D eigenvalue weighted by Crippen LogP contribution is 2.25. The Morgan fingerprint density at radius 2 is 1.56 bits per heavy atom. The largest absolute Gasteiger partial charge is 0.469 e. The van der Waals surface area contributed by atoms with Crippen molar-refractivity contribution in [2.45, 2.75) is 71.6 Å². The number of carbonyl (C=O) groups excluding carboxylic acids is 1. The molecular weight excluding hydrogens is 226 g/mol. The van der Waals surface area contributed by atoms with E-state index < -0.39 is 5.41 Å². The molecule has 2 N–H and O–H groups in total. The number of hydrogen-bond acceptors (Lipinski definition) is 3. The summed E-state index contributed by atoms with van der Waals surface area (Å²) in [5.41, 5.74) is 5.19. The van der Waals surface area contributed by atoms with Gasteiger partial charge in [-0.25, -0.2) is 0 Å². The SMILES string of the molecule is CCCCCCCCCCC(C)(CN)C(=O)OC. The summed E-state index contributed by atoms with van der Waals surface area (Å²) >= 11 is 0. The van der Waals surface area contributed by atoms with Crippen LogP contribution in [0, 0.1) is 5.41 Å². The van der Waals surface area contributed by atoms with Crippen molar-refractivity contribution in [2.24, 2.45) is 11.1 Å². The molecule has 0 radical (unpaired) electrons. The zero-order valence-electron chi connectivity index (χ0n) is 12.5. The van der Waals surface area contributed by atoms with Crippen LogP contribution in [0.4, 0.5) is 0 Å². The van der Waals surface area contributed by atoms with E-state index in [1.165, 1.54) is 52.1 Å². The molecular formula is C15H31NO2. The molecule has 0 saturated heterocycles. The fourth-order valence-electron chi connectivity index (χ4n) is 2.18.